The summed E-state index contributed by atoms with van der Waals surface area (Å²) in [6.07, 6.45) is 10.1. The second-order valence-corrected chi connectivity index (χ2v) is 7.97. The summed E-state index contributed by atoms with van der Waals surface area (Å²) in [7, 11) is 0. The maximum absolute atomic E-state index is 13.4. The number of nitrogens with zero attached hydrogens (tertiary/aromatic N) is 1. The van der Waals surface area contributed by atoms with Gasteiger partial charge in [0.2, 0.25) is 11.8 Å². The summed E-state index contributed by atoms with van der Waals surface area (Å²) >= 11 is 0. The number of hydrogen-bond acceptors (Lipinski definition) is 6. The Kier molecular flexibility index (Phi) is 7.19. The zero-order chi connectivity index (χ0) is 23.0. The Balaban J connectivity index is 1.53. The SMILES string of the molecule is O=C(CNC(=O)c1ccco1)NC(c1ccco1)C(C(=O)NC1CCCC1)c1cccnc1. The molecule has 2 unspecified atom stereocenters. The molecule has 3 N–H and O–H groups in total. The van der Waals surface area contributed by atoms with Crippen LogP contribution in [0.3, 0.4) is 0 Å². The Hall–Kier alpha value is -3.88. The van der Waals surface area contributed by atoms with Crippen molar-refractivity contribution in [1.29, 1.82) is 0 Å². The van der Waals surface area contributed by atoms with Crippen LogP contribution in [0.1, 0.15) is 59.5 Å². The van der Waals surface area contributed by atoms with Crippen LogP contribution in [0.15, 0.2) is 70.2 Å². The molecule has 9 heteroatoms. The van der Waals surface area contributed by atoms with Crippen molar-refractivity contribution in [3.63, 3.8) is 0 Å². The Morgan fingerprint density at radius 1 is 1.03 bits per heavy atom. The first kappa shape index (κ1) is 22.3. The van der Waals surface area contributed by atoms with Gasteiger partial charge in [0.25, 0.3) is 5.91 Å². The first-order valence-corrected chi connectivity index (χ1v) is 11.0. The number of furan rings is 2. The second-order valence-electron chi connectivity index (χ2n) is 7.97. The van der Waals surface area contributed by atoms with Gasteiger partial charge in [-0.3, -0.25) is 19.4 Å². The lowest BCUT2D eigenvalue weighted by Crippen LogP contribution is -2.45. The number of amides is 3. The number of carbonyl (C=O) groups is 3. The van der Waals surface area contributed by atoms with Crippen molar-refractivity contribution in [3.05, 3.63) is 78.4 Å². The fraction of sp³-hybridized carbons (Fsp3) is 0.333. The summed E-state index contributed by atoms with van der Waals surface area (Å²) in [5.74, 6) is -1.43. The van der Waals surface area contributed by atoms with Gasteiger partial charge in [-0.05, 0) is 48.7 Å². The van der Waals surface area contributed by atoms with Gasteiger partial charge in [0, 0.05) is 18.4 Å². The average Bonchev–Trinajstić information content (AvgIpc) is 3.61. The summed E-state index contributed by atoms with van der Waals surface area (Å²) in [6.45, 7) is -0.291. The Morgan fingerprint density at radius 2 is 1.82 bits per heavy atom. The minimum atomic E-state index is -0.793. The van der Waals surface area contributed by atoms with Crippen LogP contribution in [0, 0.1) is 0 Å². The lowest BCUT2D eigenvalue weighted by atomic mass is 9.89. The summed E-state index contributed by atoms with van der Waals surface area (Å²) in [5, 5.41) is 8.49. The number of pyridine rings is 1. The van der Waals surface area contributed by atoms with Crippen molar-refractivity contribution in [2.75, 3.05) is 6.54 Å². The maximum Gasteiger partial charge on any atom is 0.287 e. The Labute approximate surface area is 190 Å². The van der Waals surface area contributed by atoms with Crippen LogP contribution in [0.4, 0.5) is 0 Å². The van der Waals surface area contributed by atoms with Gasteiger partial charge >= 0.3 is 0 Å². The van der Waals surface area contributed by atoms with Gasteiger partial charge < -0.3 is 24.8 Å². The van der Waals surface area contributed by atoms with Gasteiger partial charge in [-0.1, -0.05) is 18.9 Å². The highest BCUT2D eigenvalue weighted by atomic mass is 16.3. The van der Waals surface area contributed by atoms with E-state index in [2.05, 4.69) is 20.9 Å². The molecule has 4 rings (SSSR count). The quantitative estimate of drug-likeness (QED) is 0.460. The Morgan fingerprint density at radius 3 is 2.48 bits per heavy atom. The van der Waals surface area contributed by atoms with Crippen molar-refractivity contribution in [2.45, 2.75) is 43.7 Å². The highest BCUT2D eigenvalue weighted by Crippen LogP contribution is 2.32. The van der Waals surface area contributed by atoms with Gasteiger partial charge in [-0.2, -0.15) is 0 Å². The lowest BCUT2D eigenvalue weighted by Gasteiger charge is -2.27. The van der Waals surface area contributed by atoms with E-state index in [9.17, 15) is 14.4 Å². The van der Waals surface area contributed by atoms with E-state index in [0.29, 0.717) is 11.3 Å². The molecule has 1 aliphatic carbocycles. The van der Waals surface area contributed by atoms with Crippen LogP contribution < -0.4 is 16.0 Å². The smallest absolute Gasteiger partial charge is 0.287 e. The molecule has 3 heterocycles. The van der Waals surface area contributed by atoms with Crippen LogP contribution in [0.25, 0.3) is 0 Å². The third-order valence-corrected chi connectivity index (χ3v) is 5.68. The van der Waals surface area contributed by atoms with Crippen molar-refractivity contribution in [1.82, 2.24) is 20.9 Å². The predicted octanol–water partition coefficient (Wildman–Crippen LogP) is 2.70. The number of aromatic nitrogens is 1. The minimum absolute atomic E-state index is 0.106. The van der Waals surface area contributed by atoms with E-state index in [0.717, 1.165) is 25.7 Å². The largest absolute Gasteiger partial charge is 0.467 e. The molecule has 3 aromatic heterocycles. The molecule has 0 radical (unpaired) electrons. The molecule has 0 aliphatic heterocycles. The summed E-state index contributed by atoms with van der Waals surface area (Å²) < 4.78 is 10.6. The normalized spacial score (nSPS) is 15.5. The molecule has 0 bridgehead atoms. The van der Waals surface area contributed by atoms with Crippen LogP contribution in [-0.4, -0.2) is 35.3 Å². The highest BCUT2D eigenvalue weighted by molar-refractivity contribution is 5.94. The van der Waals surface area contributed by atoms with Crippen molar-refractivity contribution in [2.24, 2.45) is 0 Å². The first-order valence-electron chi connectivity index (χ1n) is 11.0. The van der Waals surface area contributed by atoms with E-state index in [1.54, 1.807) is 42.7 Å². The Bertz CT molecular complexity index is 1040. The first-order chi connectivity index (χ1) is 16.1. The zero-order valence-corrected chi connectivity index (χ0v) is 18.0. The van der Waals surface area contributed by atoms with Gasteiger partial charge in [-0.25, -0.2) is 0 Å². The molecule has 1 fully saturated rings. The van der Waals surface area contributed by atoms with E-state index in [4.69, 9.17) is 8.83 Å². The van der Waals surface area contributed by atoms with Gasteiger partial charge in [0.15, 0.2) is 5.76 Å². The number of hydrogen-bond donors (Lipinski definition) is 3. The zero-order valence-electron chi connectivity index (χ0n) is 18.0. The molecular formula is C24H26N4O5. The molecule has 1 saturated carbocycles. The average molecular weight is 450 g/mol. The number of rotatable bonds is 9. The standard InChI is InChI=1S/C24H26N4O5/c29-20(15-26-23(30)19-10-5-13-33-19)28-22(18-9-4-12-32-18)21(16-6-3-11-25-14-16)24(31)27-17-7-1-2-8-17/h3-6,9-14,17,21-22H,1-2,7-8,15H2,(H,26,30)(H,27,31)(H,28,29). The maximum atomic E-state index is 13.4. The summed E-state index contributed by atoms with van der Waals surface area (Å²) in [6, 6.07) is 9.35. The van der Waals surface area contributed by atoms with Crippen LogP contribution in [0.5, 0.6) is 0 Å². The summed E-state index contributed by atoms with van der Waals surface area (Å²) in [4.78, 5) is 42.5. The third kappa shape index (κ3) is 5.68. The number of nitrogens with one attached hydrogen (secondary N) is 3. The molecule has 172 valence electrons. The third-order valence-electron chi connectivity index (χ3n) is 5.68. The fourth-order valence-electron chi connectivity index (χ4n) is 4.08. The minimum Gasteiger partial charge on any atom is -0.467 e. The molecule has 9 nitrogen and oxygen atoms in total. The predicted molar refractivity (Wildman–Crippen MR) is 118 cm³/mol. The van der Waals surface area contributed by atoms with E-state index in [1.165, 1.54) is 18.6 Å². The van der Waals surface area contributed by atoms with Crippen LogP contribution in [0.2, 0.25) is 0 Å². The van der Waals surface area contributed by atoms with Gasteiger partial charge in [0.1, 0.15) is 11.8 Å². The van der Waals surface area contributed by atoms with E-state index < -0.39 is 23.8 Å². The van der Waals surface area contributed by atoms with E-state index in [1.807, 2.05) is 0 Å². The molecule has 3 aromatic rings. The van der Waals surface area contributed by atoms with Crippen molar-refractivity contribution < 1.29 is 23.2 Å². The van der Waals surface area contributed by atoms with Crippen molar-refractivity contribution >= 4 is 17.7 Å². The molecular weight excluding hydrogens is 424 g/mol. The molecule has 0 aromatic carbocycles. The second kappa shape index (κ2) is 10.6. The topological polar surface area (TPSA) is 126 Å². The molecule has 3 amide bonds. The van der Waals surface area contributed by atoms with Gasteiger partial charge in [0.05, 0.1) is 25.0 Å². The van der Waals surface area contributed by atoms with Crippen LogP contribution >= 0.6 is 0 Å². The van der Waals surface area contributed by atoms with E-state index >= 15 is 0 Å². The van der Waals surface area contributed by atoms with Crippen molar-refractivity contribution in [3.8, 4) is 0 Å². The monoisotopic (exact) mass is 450 g/mol. The molecule has 2 atom stereocenters. The lowest BCUT2D eigenvalue weighted by molar-refractivity contribution is -0.125. The van der Waals surface area contributed by atoms with E-state index in [-0.39, 0.29) is 24.3 Å². The molecule has 33 heavy (non-hydrogen) atoms. The molecule has 0 spiro atoms. The number of carbonyl (C=O) groups excluding carboxylic acids is 3. The molecule has 1 aliphatic rings. The summed E-state index contributed by atoms with van der Waals surface area (Å²) in [5.41, 5.74) is 0.648. The molecule has 0 saturated heterocycles. The fourth-order valence-corrected chi connectivity index (χ4v) is 4.08. The highest BCUT2D eigenvalue weighted by Gasteiger charge is 2.35. The van der Waals surface area contributed by atoms with Crippen LogP contribution in [-0.2, 0) is 9.59 Å². The van der Waals surface area contributed by atoms with Gasteiger partial charge in [-0.15, -0.1) is 0 Å².